The highest BCUT2D eigenvalue weighted by Crippen LogP contribution is 2.17. The summed E-state index contributed by atoms with van der Waals surface area (Å²) in [5.74, 6) is 0.207. The predicted octanol–water partition coefficient (Wildman–Crippen LogP) is 3.13. The lowest BCUT2D eigenvalue weighted by Crippen LogP contribution is -2.29. The molecule has 23 heavy (non-hydrogen) atoms. The van der Waals surface area contributed by atoms with E-state index in [2.05, 4.69) is 15.8 Å². The molecule has 0 atom stereocenters. The number of aryl methyl sites for hydroxylation is 2. The van der Waals surface area contributed by atoms with Crippen LogP contribution in [0.5, 0.6) is 0 Å². The summed E-state index contributed by atoms with van der Waals surface area (Å²) < 4.78 is 18.3. The summed E-state index contributed by atoms with van der Waals surface area (Å²) >= 11 is 0. The first kappa shape index (κ1) is 16.5. The van der Waals surface area contributed by atoms with Crippen molar-refractivity contribution in [2.24, 2.45) is 0 Å². The summed E-state index contributed by atoms with van der Waals surface area (Å²) in [7, 11) is 0. The van der Waals surface area contributed by atoms with Crippen molar-refractivity contribution in [2.75, 3.05) is 5.32 Å². The van der Waals surface area contributed by atoms with E-state index in [0.717, 1.165) is 23.1 Å². The number of urea groups is 1. The summed E-state index contributed by atoms with van der Waals surface area (Å²) in [4.78, 5) is 12.0. The average molecular weight is 316 g/mol. The summed E-state index contributed by atoms with van der Waals surface area (Å²) in [6.45, 7) is 4.17. The first-order valence-corrected chi connectivity index (χ1v) is 7.29. The molecule has 6 nitrogen and oxygen atoms in total. The van der Waals surface area contributed by atoms with Crippen LogP contribution in [0.3, 0.4) is 0 Å². The molecule has 0 aliphatic rings. The van der Waals surface area contributed by atoms with Crippen molar-refractivity contribution in [3.63, 3.8) is 0 Å². The van der Waals surface area contributed by atoms with Gasteiger partial charge in [0, 0.05) is 18.5 Å². The number of nitrogens with one attached hydrogen (secondary N) is 2. The number of aromatic nitrogens is 1. The van der Waals surface area contributed by atoms with Gasteiger partial charge in [0.1, 0.15) is 17.6 Å². The van der Waals surface area contributed by atoms with Crippen LogP contribution in [0, 0.1) is 17.1 Å². The maximum atomic E-state index is 13.1. The van der Waals surface area contributed by atoms with Gasteiger partial charge in [-0.15, -0.1) is 0 Å². The van der Waals surface area contributed by atoms with Gasteiger partial charge in [-0.3, -0.25) is 0 Å². The van der Waals surface area contributed by atoms with Crippen molar-refractivity contribution < 1.29 is 13.7 Å². The fourth-order valence-corrected chi connectivity index (χ4v) is 2.19. The number of hydrogen-bond donors (Lipinski definition) is 2. The second-order valence-corrected chi connectivity index (χ2v) is 4.85. The Labute approximate surface area is 133 Å². The van der Waals surface area contributed by atoms with Crippen LogP contribution in [0.1, 0.15) is 36.4 Å². The van der Waals surface area contributed by atoms with E-state index in [1.54, 1.807) is 0 Å². The Morgan fingerprint density at radius 2 is 2.17 bits per heavy atom. The molecule has 0 bridgehead atoms. The third-order valence-electron chi connectivity index (χ3n) is 3.38. The molecule has 120 valence electrons. The van der Waals surface area contributed by atoms with Gasteiger partial charge in [0.25, 0.3) is 0 Å². The van der Waals surface area contributed by atoms with Gasteiger partial charge in [0.05, 0.1) is 16.9 Å². The minimum absolute atomic E-state index is 0.0635. The molecule has 0 spiro atoms. The van der Waals surface area contributed by atoms with E-state index in [4.69, 9.17) is 9.78 Å². The normalized spacial score (nSPS) is 10.2. The zero-order valence-electron chi connectivity index (χ0n) is 12.9. The van der Waals surface area contributed by atoms with E-state index in [1.807, 2.05) is 19.9 Å². The van der Waals surface area contributed by atoms with Gasteiger partial charge < -0.3 is 15.2 Å². The van der Waals surface area contributed by atoms with Crippen molar-refractivity contribution in [1.82, 2.24) is 10.5 Å². The third-order valence-corrected chi connectivity index (χ3v) is 3.38. The number of carbonyl (C=O) groups excluding carboxylic acids is 1. The minimum atomic E-state index is -0.530. The number of anilines is 1. The Kier molecular flexibility index (Phi) is 5.31. The topological polar surface area (TPSA) is 90.9 Å². The van der Waals surface area contributed by atoms with Gasteiger partial charge >= 0.3 is 6.03 Å². The molecule has 2 amide bonds. The first-order chi connectivity index (χ1) is 11.1. The number of rotatable bonds is 5. The molecule has 0 fully saturated rings. The molecule has 0 aliphatic carbocycles. The van der Waals surface area contributed by atoms with Gasteiger partial charge in [-0.25, -0.2) is 9.18 Å². The smallest absolute Gasteiger partial charge is 0.319 e. The van der Waals surface area contributed by atoms with Crippen LogP contribution in [-0.4, -0.2) is 11.2 Å². The van der Waals surface area contributed by atoms with Gasteiger partial charge in [-0.05, 0) is 24.6 Å². The molecule has 0 saturated carbocycles. The number of benzene rings is 1. The van der Waals surface area contributed by atoms with Crippen LogP contribution in [0.2, 0.25) is 0 Å². The Morgan fingerprint density at radius 3 is 2.83 bits per heavy atom. The van der Waals surface area contributed by atoms with Gasteiger partial charge in [-0.1, -0.05) is 19.0 Å². The minimum Gasteiger partial charge on any atom is -0.361 e. The monoisotopic (exact) mass is 316 g/mol. The van der Waals surface area contributed by atoms with E-state index < -0.39 is 11.8 Å². The lowest BCUT2D eigenvalue weighted by atomic mass is 10.1. The number of amides is 2. The van der Waals surface area contributed by atoms with E-state index in [1.165, 1.54) is 12.1 Å². The fraction of sp³-hybridized carbons (Fsp3) is 0.312. The van der Waals surface area contributed by atoms with E-state index >= 15 is 0 Å². The van der Waals surface area contributed by atoms with Gasteiger partial charge in [-0.2, -0.15) is 5.26 Å². The second kappa shape index (κ2) is 7.40. The van der Waals surface area contributed by atoms with Crippen molar-refractivity contribution in [1.29, 1.82) is 5.26 Å². The Bertz CT molecular complexity index is 728. The van der Waals surface area contributed by atoms with Gasteiger partial charge in [0.15, 0.2) is 0 Å². The zero-order valence-corrected chi connectivity index (χ0v) is 12.9. The first-order valence-electron chi connectivity index (χ1n) is 7.29. The highest BCUT2D eigenvalue weighted by Gasteiger charge is 2.14. The Hall–Kier alpha value is -2.88. The summed E-state index contributed by atoms with van der Waals surface area (Å²) in [5.41, 5.74) is 1.99. The van der Waals surface area contributed by atoms with Crippen molar-refractivity contribution in [2.45, 2.75) is 33.2 Å². The molecule has 0 unspecified atom stereocenters. The molecule has 1 aromatic carbocycles. The van der Waals surface area contributed by atoms with Crippen LogP contribution < -0.4 is 10.6 Å². The summed E-state index contributed by atoms with van der Waals surface area (Å²) in [6, 6.07) is 4.95. The molecule has 2 rings (SSSR count). The lowest BCUT2D eigenvalue weighted by Gasteiger charge is -2.09. The van der Waals surface area contributed by atoms with Crippen LogP contribution in [0.4, 0.5) is 14.9 Å². The molecular formula is C16H17FN4O2. The molecule has 1 aromatic heterocycles. The maximum Gasteiger partial charge on any atom is 0.319 e. The molecule has 0 saturated heterocycles. The maximum absolute atomic E-state index is 13.1. The SMILES string of the molecule is CCc1noc(CC)c1CNC(=O)Nc1ccc(F)cc1C#N. The highest BCUT2D eigenvalue weighted by molar-refractivity contribution is 5.90. The van der Waals surface area contributed by atoms with Crippen molar-refractivity contribution >= 4 is 11.7 Å². The largest absolute Gasteiger partial charge is 0.361 e. The molecule has 1 heterocycles. The Morgan fingerprint density at radius 1 is 1.39 bits per heavy atom. The summed E-state index contributed by atoms with van der Waals surface area (Å²) in [5, 5.41) is 18.2. The van der Waals surface area contributed by atoms with Gasteiger partial charge in [0.2, 0.25) is 0 Å². The molecule has 0 aliphatic heterocycles. The Balaban J connectivity index is 2.04. The van der Waals surface area contributed by atoms with E-state index in [0.29, 0.717) is 12.8 Å². The van der Waals surface area contributed by atoms with Crippen molar-refractivity contribution in [3.05, 3.63) is 46.6 Å². The number of hydrogen-bond acceptors (Lipinski definition) is 4. The van der Waals surface area contributed by atoms with Crippen LogP contribution in [-0.2, 0) is 19.4 Å². The number of nitrogens with zero attached hydrogens (tertiary/aromatic N) is 2. The fourth-order valence-electron chi connectivity index (χ4n) is 2.19. The third kappa shape index (κ3) is 3.86. The van der Waals surface area contributed by atoms with Crippen LogP contribution in [0.25, 0.3) is 0 Å². The number of carbonyl (C=O) groups is 1. The molecule has 7 heteroatoms. The highest BCUT2D eigenvalue weighted by atomic mass is 19.1. The van der Waals surface area contributed by atoms with Crippen molar-refractivity contribution in [3.8, 4) is 6.07 Å². The molecular weight excluding hydrogens is 299 g/mol. The van der Waals surface area contributed by atoms with E-state index in [9.17, 15) is 9.18 Å². The quantitative estimate of drug-likeness (QED) is 0.886. The van der Waals surface area contributed by atoms with Crippen LogP contribution >= 0.6 is 0 Å². The van der Waals surface area contributed by atoms with E-state index in [-0.39, 0.29) is 17.8 Å². The average Bonchev–Trinajstić information content (AvgIpc) is 2.96. The number of nitriles is 1. The standard InChI is InChI=1S/C16H17FN4O2/c1-3-13-12(15(4-2)23-21-13)9-19-16(22)20-14-6-5-11(17)7-10(14)8-18/h5-7H,3-4,9H2,1-2H3,(H2,19,20,22). The van der Waals surface area contributed by atoms with Crippen LogP contribution in [0.15, 0.2) is 22.7 Å². The predicted molar refractivity (Wildman–Crippen MR) is 82.2 cm³/mol. The zero-order chi connectivity index (χ0) is 16.8. The molecule has 0 radical (unpaired) electrons. The summed E-state index contributed by atoms with van der Waals surface area (Å²) in [6.07, 6.45) is 1.39. The second-order valence-electron chi connectivity index (χ2n) is 4.85. The molecule has 2 aromatic rings. The molecule has 2 N–H and O–H groups in total. The number of halogens is 1. The lowest BCUT2D eigenvalue weighted by molar-refractivity contribution is 0.251.